The third-order valence-electron chi connectivity index (χ3n) is 3.08. The second-order valence-electron chi connectivity index (χ2n) is 3.79. The van der Waals surface area contributed by atoms with Crippen molar-refractivity contribution in [3.8, 4) is 0 Å². The van der Waals surface area contributed by atoms with Crippen LogP contribution in [-0.4, -0.2) is 44.6 Å². The number of rotatable bonds is 5. The average molecular weight is 196 g/mol. The molecule has 0 spiro atoms. The summed E-state index contributed by atoms with van der Waals surface area (Å²) in [5, 5.41) is 15.3. The monoisotopic (exact) mass is 196 g/mol. The van der Waals surface area contributed by atoms with Gasteiger partial charge in [0.15, 0.2) is 0 Å². The first kappa shape index (κ1) is 11.5. The van der Waals surface area contributed by atoms with Crippen molar-refractivity contribution < 1.29 is 9.90 Å². The van der Waals surface area contributed by atoms with Crippen LogP contribution in [0.1, 0.15) is 12.8 Å². The molecule has 1 heterocycles. The second kappa shape index (κ2) is 4.80. The molecule has 0 aromatic heterocycles. The summed E-state index contributed by atoms with van der Waals surface area (Å²) in [6, 6.07) is 0. The van der Waals surface area contributed by atoms with Gasteiger partial charge in [-0.3, -0.25) is 4.79 Å². The van der Waals surface area contributed by atoms with E-state index in [0.29, 0.717) is 12.9 Å². The first-order chi connectivity index (χ1) is 6.67. The number of carboxylic acids is 1. The third-order valence-corrected chi connectivity index (χ3v) is 3.08. The maximum Gasteiger partial charge on any atom is 0.325 e. The SMILES string of the molecule is [B]CCC[C@H]1CNC[C@@]1(NC)C(=O)O. The number of nitrogens with one attached hydrogen (secondary N) is 2. The van der Waals surface area contributed by atoms with E-state index in [1.807, 2.05) is 0 Å². The fourth-order valence-electron chi connectivity index (χ4n) is 2.12. The van der Waals surface area contributed by atoms with Crippen LogP contribution in [0.4, 0.5) is 0 Å². The van der Waals surface area contributed by atoms with Crippen LogP contribution in [0.2, 0.25) is 6.32 Å². The van der Waals surface area contributed by atoms with Crippen molar-refractivity contribution >= 4 is 13.8 Å². The van der Waals surface area contributed by atoms with E-state index in [9.17, 15) is 9.90 Å². The largest absolute Gasteiger partial charge is 0.480 e. The van der Waals surface area contributed by atoms with Crippen LogP contribution in [0, 0.1) is 5.92 Å². The highest BCUT2D eigenvalue weighted by molar-refractivity contribution is 6.08. The molecule has 1 rings (SSSR count). The van der Waals surface area contributed by atoms with Crippen molar-refractivity contribution in [3.63, 3.8) is 0 Å². The topological polar surface area (TPSA) is 61.4 Å². The average Bonchev–Trinajstić information content (AvgIpc) is 2.58. The molecule has 0 amide bonds. The molecule has 4 nitrogen and oxygen atoms in total. The summed E-state index contributed by atoms with van der Waals surface area (Å²) in [5.41, 5.74) is -0.796. The lowest BCUT2D eigenvalue weighted by atomic mass is 9.82. The number of carbonyl (C=O) groups is 1. The molecule has 1 aliphatic heterocycles. The number of hydrogen-bond acceptors (Lipinski definition) is 3. The summed E-state index contributed by atoms with van der Waals surface area (Å²) >= 11 is 0. The Kier molecular flexibility index (Phi) is 3.95. The Labute approximate surface area is 85.9 Å². The van der Waals surface area contributed by atoms with Crippen molar-refractivity contribution in [1.82, 2.24) is 10.6 Å². The molecular weight excluding hydrogens is 179 g/mol. The van der Waals surface area contributed by atoms with Crippen LogP contribution < -0.4 is 10.6 Å². The van der Waals surface area contributed by atoms with Crippen LogP contribution in [0.15, 0.2) is 0 Å². The molecule has 3 N–H and O–H groups in total. The molecule has 1 saturated heterocycles. The molecule has 0 aromatic carbocycles. The molecule has 0 aliphatic carbocycles. The Balaban J connectivity index is 2.67. The van der Waals surface area contributed by atoms with Crippen LogP contribution >= 0.6 is 0 Å². The molecule has 14 heavy (non-hydrogen) atoms. The van der Waals surface area contributed by atoms with Crippen molar-refractivity contribution in [2.24, 2.45) is 5.92 Å². The van der Waals surface area contributed by atoms with E-state index in [4.69, 9.17) is 7.85 Å². The lowest BCUT2D eigenvalue weighted by molar-refractivity contribution is -0.145. The van der Waals surface area contributed by atoms with E-state index in [0.717, 1.165) is 19.4 Å². The Morgan fingerprint density at radius 2 is 2.50 bits per heavy atom. The maximum absolute atomic E-state index is 11.2. The van der Waals surface area contributed by atoms with Crippen LogP contribution in [0.3, 0.4) is 0 Å². The number of hydrogen-bond donors (Lipinski definition) is 3. The Morgan fingerprint density at radius 3 is 3.00 bits per heavy atom. The molecule has 1 fully saturated rings. The Morgan fingerprint density at radius 1 is 1.79 bits per heavy atom. The summed E-state index contributed by atoms with van der Waals surface area (Å²) < 4.78 is 0. The van der Waals surface area contributed by atoms with Crippen molar-refractivity contribution in [3.05, 3.63) is 0 Å². The van der Waals surface area contributed by atoms with E-state index in [2.05, 4.69) is 10.6 Å². The normalized spacial score (nSPS) is 31.9. The van der Waals surface area contributed by atoms with Crippen LogP contribution in [0.25, 0.3) is 0 Å². The minimum absolute atomic E-state index is 0.133. The van der Waals surface area contributed by atoms with Crippen LogP contribution in [-0.2, 0) is 4.79 Å². The van der Waals surface area contributed by atoms with Crippen molar-refractivity contribution in [2.75, 3.05) is 20.1 Å². The van der Waals surface area contributed by atoms with E-state index < -0.39 is 11.5 Å². The van der Waals surface area contributed by atoms with Gasteiger partial charge in [0, 0.05) is 19.0 Å². The first-order valence-electron chi connectivity index (χ1n) is 5.00. The minimum atomic E-state index is -0.796. The zero-order valence-electron chi connectivity index (χ0n) is 8.55. The van der Waals surface area contributed by atoms with E-state index in [-0.39, 0.29) is 5.92 Å². The van der Waals surface area contributed by atoms with Crippen LogP contribution in [0.5, 0.6) is 0 Å². The second-order valence-corrected chi connectivity index (χ2v) is 3.79. The molecule has 0 unspecified atom stereocenters. The highest BCUT2D eigenvalue weighted by atomic mass is 16.4. The third kappa shape index (κ3) is 1.93. The molecule has 5 heteroatoms. The van der Waals surface area contributed by atoms with E-state index >= 15 is 0 Å². The first-order valence-corrected chi connectivity index (χ1v) is 5.00. The van der Waals surface area contributed by atoms with Gasteiger partial charge in [0.05, 0.1) is 7.85 Å². The molecule has 2 atom stereocenters. The zero-order valence-corrected chi connectivity index (χ0v) is 8.55. The van der Waals surface area contributed by atoms with Gasteiger partial charge in [-0.15, -0.1) is 0 Å². The lowest BCUT2D eigenvalue weighted by Gasteiger charge is -2.29. The number of likely N-dealkylation sites (N-methyl/N-ethyl adjacent to an activating group) is 1. The van der Waals surface area contributed by atoms with E-state index in [1.165, 1.54) is 0 Å². The fraction of sp³-hybridized carbons (Fsp3) is 0.889. The summed E-state index contributed by atoms with van der Waals surface area (Å²) in [6.45, 7) is 1.25. The van der Waals surface area contributed by atoms with Gasteiger partial charge in [-0.25, -0.2) is 0 Å². The number of carboxylic acid groups (broad SMARTS) is 1. The molecule has 0 saturated carbocycles. The predicted octanol–water partition coefficient (Wildman–Crippen LogP) is -0.384. The minimum Gasteiger partial charge on any atom is -0.480 e. The fourth-order valence-corrected chi connectivity index (χ4v) is 2.12. The van der Waals surface area contributed by atoms with Gasteiger partial charge in [0.1, 0.15) is 5.54 Å². The molecule has 1 aliphatic rings. The molecule has 0 aromatic rings. The maximum atomic E-state index is 11.2. The molecule has 78 valence electrons. The lowest BCUT2D eigenvalue weighted by Crippen LogP contribution is -2.56. The van der Waals surface area contributed by atoms with Crippen molar-refractivity contribution in [1.29, 1.82) is 0 Å². The highest BCUT2D eigenvalue weighted by Gasteiger charge is 2.47. The summed E-state index contributed by atoms with van der Waals surface area (Å²) in [6.07, 6.45) is 2.36. The molecule has 0 bridgehead atoms. The standard InChI is InChI=1S/C9H17BN2O2/c1-11-9(8(13)14)6-12-5-7(9)3-2-4-10/h7,11-12H,2-6H2,1H3,(H,13,14)/t7-,9-/m0/s1. The highest BCUT2D eigenvalue weighted by Crippen LogP contribution is 2.26. The summed E-state index contributed by atoms with van der Waals surface area (Å²) in [5.74, 6) is -0.638. The van der Waals surface area contributed by atoms with E-state index in [1.54, 1.807) is 7.05 Å². The smallest absolute Gasteiger partial charge is 0.325 e. The van der Waals surface area contributed by atoms with Gasteiger partial charge in [0.2, 0.25) is 0 Å². The Bertz CT molecular complexity index is 213. The van der Waals surface area contributed by atoms with Gasteiger partial charge in [-0.1, -0.05) is 12.7 Å². The van der Waals surface area contributed by atoms with Gasteiger partial charge in [0.25, 0.3) is 0 Å². The van der Waals surface area contributed by atoms with Gasteiger partial charge in [-0.05, 0) is 13.5 Å². The summed E-state index contributed by atoms with van der Waals surface area (Å²) in [7, 11) is 7.13. The van der Waals surface area contributed by atoms with Gasteiger partial charge >= 0.3 is 5.97 Å². The quantitative estimate of drug-likeness (QED) is 0.524. The zero-order chi connectivity index (χ0) is 10.6. The Hall–Kier alpha value is -0.545. The van der Waals surface area contributed by atoms with Gasteiger partial charge < -0.3 is 15.7 Å². The number of aliphatic carboxylic acids is 1. The predicted molar refractivity (Wildman–Crippen MR) is 55.6 cm³/mol. The summed E-state index contributed by atoms with van der Waals surface area (Å²) in [4.78, 5) is 11.2. The van der Waals surface area contributed by atoms with Crippen molar-refractivity contribution in [2.45, 2.75) is 24.7 Å². The molecular formula is C9H17BN2O2. The van der Waals surface area contributed by atoms with Gasteiger partial charge in [-0.2, -0.15) is 0 Å². The molecule has 2 radical (unpaired) electrons.